The number of nitrogens with zero attached hydrogens (tertiary/aromatic N) is 2. The Morgan fingerprint density at radius 1 is 1.26 bits per heavy atom. The topological polar surface area (TPSA) is 54.5 Å². The average molecular weight is 388 g/mol. The van der Waals surface area contributed by atoms with E-state index < -0.39 is 0 Å². The molecule has 1 N–H and O–H groups in total. The summed E-state index contributed by atoms with van der Waals surface area (Å²) < 4.78 is 5.27. The van der Waals surface area contributed by atoms with E-state index in [2.05, 4.69) is 22.4 Å². The molecule has 3 rings (SSSR count). The van der Waals surface area contributed by atoms with Crippen LogP contribution in [0.1, 0.15) is 65.8 Å². The number of rotatable bonds is 4. The van der Waals surface area contributed by atoms with E-state index in [1.165, 1.54) is 12.0 Å². The Morgan fingerprint density at radius 2 is 2.00 bits per heavy atom. The number of hydrogen-bond acceptors (Lipinski definition) is 4. The highest BCUT2D eigenvalue weighted by Gasteiger charge is 2.28. The number of likely N-dealkylation sites (tertiary alicyclic amines) is 1. The van der Waals surface area contributed by atoms with Crippen LogP contribution in [-0.2, 0) is 0 Å². The van der Waals surface area contributed by atoms with Gasteiger partial charge in [0.25, 0.3) is 0 Å². The van der Waals surface area contributed by atoms with Gasteiger partial charge in [-0.15, -0.1) is 11.3 Å². The number of aryl methyl sites for hydroxylation is 2. The van der Waals surface area contributed by atoms with Gasteiger partial charge in [-0.1, -0.05) is 25.0 Å². The quantitative estimate of drug-likeness (QED) is 0.789. The van der Waals surface area contributed by atoms with Crippen LogP contribution in [0.3, 0.4) is 0 Å². The lowest BCUT2D eigenvalue weighted by Crippen LogP contribution is -2.43. The van der Waals surface area contributed by atoms with Crippen LogP contribution in [0.15, 0.2) is 24.3 Å². The minimum absolute atomic E-state index is 0.00988. The lowest BCUT2D eigenvalue weighted by atomic mass is 10.0. The van der Waals surface area contributed by atoms with Crippen LogP contribution < -0.4 is 10.1 Å². The molecule has 0 saturated carbocycles. The second-order valence-electron chi connectivity index (χ2n) is 7.19. The maximum Gasteiger partial charge on any atom is 0.318 e. The predicted molar refractivity (Wildman–Crippen MR) is 109 cm³/mol. The second-order valence-corrected chi connectivity index (χ2v) is 8.42. The Balaban J connectivity index is 1.77. The zero-order valence-corrected chi connectivity index (χ0v) is 17.4. The number of carbonyl (C=O) groups is 1. The molecule has 5 nitrogen and oxygen atoms in total. The van der Waals surface area contributed by atoms with Gasteiger partial charge < -0.3 is 15.0 Å². The van der Waals surface area contributed by atoms with Gasteiger partial charge in [-0.25, -0.2) is 9.78 Å². The Morgan fingerprint density at radius 3 is 2.63 bits per heavy atom. The summed E-state index contributed by atoms with van der Waals surface area (Å²) in [6.45, 7) is 6.84. The SMILES string of the molecule is COc1ccc([C@@H]2CCCCCN2C(=O)N[C@H](C)c2sc(C)nc2C)cc1. The lowest BCUT2D eigenvalue weighted by Gasteiger charge is -2.31. The molecule has 146 valence electrons. The van der Waals surface area contributed by atoms with Gasteiger partial charge in [0.1, 0.15) is 5.75 Å². The van der Waals surface area contributed by atoms with Crippen molar-refractivity contribution in [3.05, 3.63) is 45.4 Å². The third-order valence-electron chi connectivity index (χ3n) is 5.19. The summed E-state index contributed by atoms with van der Waals surface area (Å²) in [5.41, 5.74) is 2.18. The fourth-order valence-electron chi connectivity index (χ4n) is 3.81. The van der Waals surface area contributed by atoms with E-state index in [0.29, 0.717) is 0 Å². The van der Waals surface area contributed by atoms with Crippen LogP contribution in [0.5, 0.6) is 5.75 Å². The van der Waals surface area contributed by atoms with Gasteiger partial charge in [0.2, 0.25) is 0 Å². The van der Waals surface area contributed by atoms with Crippen molar-refractivity contribution in [1.82, 2.24) is 15.2 Å². The number of thiazole rings is 1. The van der Waals surface area contributed by atoms with Gasteiger partial charge in [0, 0.05) is 11.4 Å². The van der Waals surface area contributed by atoms with E-state index in [1.54, 1.807) is 18.4 Å². The summed E-state index contributed by atoms with van der Waals surface area (Å²) in [6, 6.07) is 8.18. The van der Waals surface area contributed by atoms with Crippen LogP contribution in [0, 0.1) is 13.8 Å². The van der Waals surface area contributed by atoms with E-state index in [0.717, 1.165) is 47.1 Å². The average Bonchev–Trinajstić information content (AvgIpc) is 2.86. The summed E-state index contributed by atoms with van der Waals surface area (Å²) >= 11 is 1.66. The molecule has 2 heterocycles. The first-order valence-corrected chi connectivity index (χ1v) is 10.5. The Hall–Kier alpha value is -2.08. The van der Waals surface area contributed by atoms with E-state index in [1.807, 2.05) is 37.8 Å². The van der Waals surface area contributed by atoms with Gasteiger partial charge in [-0.2, -0.15) is 0 Å². The van der Waals surface area contributed by atoms with E-state index in [-0.39, 0.29) is 18.1 Å². The van der Waals surface area contributed by atoms with Crippen molar-refractivity contribution >= 4 is 17.4 Å². The number of nitrogens with one attached hydrogen (secondary N) is 1. The summed E-state index contributed by atoms with van der Waals surface area (Å²) in [6.07, 6.45) is 4.35. The normalized spacial score (nSPS) is 18.7. The van der Waals surface area contributed by atoms with Crippen molar-refractivity contribution in [3.8, 4) is 5.75 Å². The van der Waals surface area contributed by atoms with Crippen LogP contribution in [0.25, 0.3) is 0 Å². The largest absolute Gasteiger partial charge is 0.497 e. The van der Waals surface area contributed by atoms with Gasteiger partial charge in [-0.3, -0.25) is 0 Å². The number of urea groups is 1. The first-order valence-electron chi connectivity index (χ1n) is 9.64. The molecule has 0 unspecified atom stereocenters. The second kappa shape index (κ2) is 8.74. The third-order valence-corrected chi connectivity index (χ3v) is 6.44. The molecule has 0 spiro atoms. The van der Waals surface area contributed by atoms with E-state index in [4.69, 9.17) is 4.74 Å². The standard InChI is InChI=1S/C21H29N3O2S/c1-14-20(27-16(3)22-14)15(2)23-21(25)24-13-7-5-6-8-19(24)17-9-11-18(26-4)12-10-17/h9-12,15,19H,5-8,13H2,1-4H3,(H,23,25)/t15-,19+/m1/s1. The molecule has 0 bridgehead atoms. The molecule has 1 aromatic heterocycles. The zero-order chi connectivity index (χ0) is 19.4. The number of ether oxygens (including phenoxy) is 1. The Labute approximate surface area is 165 Å². The first-order chi connectivity index (χ1) is 13.0. The van der Waals surface area contributed by atoms with Crippen molar-refractivity contribution in [3.63, 3.8) is 0 Å². The molecular weight excluding hydrogens is 358 g/mol. The summed E-state index contributed by atoms with van der Waals surface area (Å²) in [7, 11) is 1.67. The molecule has 2 amide bonds. The van der Waals surface area contributed by atoms with Crippen molar-refractivity contribution in [1.29, 1.82) is 0 Å². The van der Waals surface area contributed by atoms with Gasteiger partial charge in [0.15, 0.2) is 0 Å². The highest BCUT2D eigenvalue weighted by atomic mass is 32.1. The maximum absolute atomic E-state index is 13.1. The molecule has 1 fully saturated rings. The number of benzene rings is 1. The Bertz CT molecular complexity index is 772. The number of methoxy groups -OCH3 is 1. The lowest BCUT2D eigenvalue weighted by molar-refractivity contribution is 0.173. The maximum atomic E-state index is 13.1. The number of amides is 2. The number of hydrogen-bond donors (Lipinski definition) is 1. The zero-order valence-electron chi connectivity index (χ0n) is 16.6. The smallest absolute Gasteiger partial charge is 0.318 e. The van der Waals surface area contributed by atoms with Crippen molar-refractivity contribution < 1.29 is 9.53 Å². The minimum atomic E-state index is -0.0385. The minimum Gasteiger partial charge on any atom is -0.497 e. The molecule has 0 radical (unpaired) electrons. The van der Waals surface area contributed by atoms with Gasteiger partial charge >= 0.3 is 6.03 Å². The molecule has 1 aromatic carbocycles. The highest BCUT2D eigenvalue weighted by Crippen LogP contribution is 2.32. The van der Waals surface area contributed by atoms with E-state index in [9.17, 15) is 4.79 Å². The molecular formula is C21H29N3O2S. The van der Waals surface area contributed by atoms with Crippen molar-refractivity contribution in [2.45, 2.75) is 58.5 Å². The molecule has 0 aliphatic carbocycles. The summed E-state index contributed by atoms with van der Waals surface area (Å²) in [5.74, 6) is 0.841. The summed E-state index contributed by atoms with van der Waals surface area (Å²) in [4.78, 5) is 20.8. The first kappa shape index (κ1) is 19.7. The third kappa shape index (κ3) is 4.61. The predicted octanol–water partition coefficient (Wildman–Crippen LogP) is 5.16. The summed E-state index contributed by atoms with van der Waals surface area (Å²) in [5, 5.41) is 4.24. The molecule has 1 saturated heterocycles. The molecule has 6 heteroatoms. The molecule has 1 aliphatic rings. The number of carbonyl (C=O) groups excluding carboxylic acids is 1. The van der Waals surface area contributed by atoms with Crippen molar-refractivity contribution in [2.24, 2.45) is 0 Å². The van der Waals surface area contributed by atoms with Crippen LogP contribution in [0.2, 0.25) is 0 Å². The van der Waals surface area contributed by atoms with Crippen LogP contribution >= 0.6 is 11.3 Å². The molecule has 27 heavy (non-hydrogen) atoms. The molecule has 1 aliphatic heterocycles. The highest BCUT2D eigenvalue weighted by molar-refractivity contribution is 7.11. The number of aromatic nitrogens is 1. The van der Waals surface area contributed by atoms with Gasteiger partial charge in [-0.05, 0) is 51.3 Å². The molecule has 2 atom stereocenters. The monoisotopic (exact) mass is 387 g/mol. The van der Waals surface area contributed by atoms with Crippen LogP contribution in [-0.4, -0.2) is 29.6 Å². The van der Waals surface area contributed by atoms with Crippen LogP contribution in [0.4, 0.5) is 4.79 Å². The molecule has 2 aromatic rings. The Kier molecular flexibility index (Phi) is 6.37. The van der Waals surface area contributed by atoms with Gasteiger partial charge in [0.05, 0.1) is 29.9 Å². The van der Waals surface area contributed by atoms with Crippen molar-refractivity contribution in [2.75, 3.05) is 13.7 Å². The fourth-order valence-corrected chi connectivity index (χ4v) is 4.74. The fraction of sp³-hybridized carbons (Fsp3) is 0.524. The van der Waals surface area contributed by atoms with E-state index >= 15 is 0 Å².